The average molecular weight is 353 g/mol. The number of nitrogens with zero attached hydrogens (tertiary/aromatic N) is 1. The lowest BCUT2D eigenvalue weighted by Gasteiger charge is -2.32. The van der Waals surface area contributed by atoms with Gasteiger partial charge in [-0.15, -0.1) is 0 Å². The van der Waals surface area contributed by atoms with Gasteiger partial charge in [0.15, 0.2) is 5.78 Å². The van der Waals surface area contributed by atoms with Crippen molar-refractivity contribution < 1.29 is 23.9 Å². The zero-order chi connectivity index (χ0) is 19.3. The minimum absolute atomic E-state index is 0.303. The zero-order valence-corrected chi connectivity index (χ0v) is 16.3. The van der Waals surface area contributed by atoms with Crippen molar-refractivity contribution in [2.24, 2.45) is 0 Å². The minimum atomic E-state index is -1.10. The Morgan fingerprint density at radius 3 is 2.16 bits per heavy atom. The second kappa shape index (κ2) is 8.72. The van der Waals surface area contributed by atoms with Crippen molar-refractivity contribution >= 4 is 17.6 Å². The topological polar surface area (TPSA) is 72.9 Å². The Morgan fingerprint density at radius 2 is 1.64 bits per heavy atom. The van der Waals surface area contributed by atoms with Crippen LogP contribution >= 0.6 is 0 Å². The molecule has 0 bridgehead atoms. The van der Waals surface area contributed by atoms with Crippen LogP contribution in [0.5, 0.6) is 0 Å². The summed E-state index contributed by atoms with van der Waals surface area (Å²) in [5.41, 5.74) is -1.42. The molecule has 0 spiro atoms. The smallest absolute Gasteiger partial charge is 0.254 e. The van der Waals surface area contributed by atoms with E-state index >= 15 is 0 Å². The number of hydrogen-bond acceptors (Lipinski definition) is 5. The van der Waals surface area contributed by atoms with Gasteiger partial charge in [-0.3, -0.25) is 19.3 Å². The van der Waals surface area contributed by atoms with E-state index in [-0.39, 0.29) is 11.4 Å². The molecule has 0 aromatic carbocycles. The molecule has 0 aliphatic carbocycles. The van der Waals surface area contributed by atoms with Gasteiger partial charge in [0.2, 0.25) is 0 Å². The molecular formula is C19H31NO5. The van der Waals surface area contributed by atoms with Gasteiger partial charge in [0, 0.05) is 18.8 Å². The summed E-state index contributed by atoms with van der Waals surface area (Å²) < 4.78 is 11.6. The van der Waals surface area contributed by atoms with Crippen LogP contribution in [0.15, 0.2) is 12.2 Å². The molecule has 6 nitrogen and oxygen atoms in total. The molecule has 0 N–H and O–H groups in total. The SMILES string of the molecule is CCCCOC(C)(C)CCOC(C)(C)C(=O)C(C)N1C(=O)C=CC1=O. The highest BCUT2D eigenvalue weighted by atomic mass is 16.5. The molecule has 6 heteroatoms. The molecule has 0 fully saturated rings. The summed E-state index contributed by atoms with van der Waals surface area (Å²) in [5.74, 6) is -1.23. The first-order valence-electron chi connectivity index (χ1n) is 8.89. The molecule has 0 saturated carbocycles. The number of carbonyl (C=O) groups is 3. The summed E-state index contributed by atoms with van der Waals surface area (Å²) in [6.45, 7) is 12.0. The second-order valence-corrected chi connectivity index (χ2v) is 7.49. The number of Topliss-reactive ketones (excluding diaryl/α,β-unsaturated/α-hetero) is 1. The lowest BCUT2D eigenvalue weighted by Crippen LogP contribution is -2.51. The van der Waals surface area contributed by atoms with Gasteiger partial charge in [-0.05, 0) is 47.5 Å². The van der Waals surface area contributed by atoms with E-state index in [9.17, 15) is 14.4 Å². The number of ketones is 1. The summed E-state index contributed by atoms with van der Waals surface area (Å²) in [7, 11) is 0. The van der Waals surface area contributed by atoms with Gasteiger partial charge in [0.05, 0.1) is 18.2 Å². The van der Waals surface area contributed by atoms with E-state index in [4.69, 9.17) is 9.47 Å². The Bertz CT molecular complexity index is 518. The molecule has 1 atom stereocenters. The van der Waals surface area contributed by atoms with Crippen molar-refractivity contribution in [2.45, 2.75) is 78.0 Å². The van der Waals surface area contributed by atoms with Crippen molar-refractivity contribution in [1.29, 1.82) is 0 Å². The van der Waals surface area contributed by atoms with Gasteiger partial charge in [-0.25, -0.2) is 0 Å². The first-order valence-corrected chi connectivity index (χ1v) is 8.89. The Balaban J connectivity index is 2.55. The fourth-order valence-electron chi connectivity index (χ4n) is 2.60. The lowest BCUT2D eigenvalue weighted by molar-refractivity contribution is -0.154. The van der Waals surface area contributed by atoms with Gasteiger partial charge < -0.3 is 9.47 Å². The number of unbranched alkanes of at least 4 members (excludes halogenated alkanes) is 1. The molecule has 0 radical (unpaired) electrons. The van der Waals surface area contributed by atoms with E-state index in [0.29, 0.717) is 19.6 Å². The summed E-state index contributed by atoms with van der Waals surface area (Å²) >= 11 is 0. The Labute approximate surface area is 150 Å². The third-order valence-corrected chi connectivity index (χ3v) is 4.36. The quantitative estimate of drug-likeness (QED) is 0.422. The molecule has 1 rings (SSSR count). The molecule has 0 aromatic heterocycles. The number of carbonyl (C=O) groups excluding carboxylic acids is 3. The van der Waals surface area contributed by atoms with Crippen LogP contribution in [-0.2, 0) is 23.9 Å². The van der Waals surface area contributed by atoms with Gasteiger partial charge in [0.25, 0.3) is 11.8 Å². The van der Waals surface area contributed by atoms with E-state index in [0.717, 1.165) is 17.7 Å². The average Bonchev–Trinajstić information content (AvgIpc) is 2.84. The molecule has 142 valence electrons. The van der Waals surface area contributed by atoms with Crippen molar-refractivity contribution in [3.8, 4) is 0 Å². The summed E-state index contributed by atoms with van der Waals surface area (Å²) in [6, 6.07) is -0.862. The minimum Gasteiger partial charge on any atom is -0.375 e. The first kappa shape index (κ1) is 21.5. The van der Waals surface area contributed by atoms with Gasteiger partial charge in [-0.1, -0.05) is 13.3 Å². The van der Waals surface area contributed by atoms with Crippen LogP contribution in [0.3, 0.4) is 0 Å². The highest BCUT2D eigenvalue weighted by molar-refractivity contribution is 6.15. The van der Waals surface area contributed by atoms with Crippen molar-refractivity contribution in [3.05, 3.63) is 12.2 Å². The molecule has 1 aliphatic rings. The van der Waals surface area contributed by atoms with Crippen LogP contribution in [0.1, 0.15) is 60.8 Å². The third kappa shape index (κ3) is 6.04. The Morgan fingerprint density at radius 1 is 1.08 bits per heavy atom. The fourth-order valence-corrected chi connectivity index (χ4v) is 2.60. The maximum atomic E-state index is 12.7. The number of rotatable bonds is 11. The highest BCUT2D eigenvalue weighted by Gasteiger charge is 2.40. The third-order valence-electron chi connectivity index (χ3n) is 4.36. The zero-order valence-electron chi connectivity index (χ0n) is 16.3. The monoisotopic (exact) mass is 353 g/mol. The number of imide groups is 1. The highest BCUT2D eigenvalue weighted by Crippen LogP contribution is 2.22. The van der Waals surface area contributed by atoms with Crippen molar-refractivity contribution in [2.75, 3.05) is 13.2 Å². The molecule has 25 heavy (non-hydrogen) atoms. The summed E-state index contributed by atoms with van der Waals surface area (Å²) in [6.07, 6.45) is 5.09. The number of amides is 2. The molecule has 2 amide bonds. The normalized spacial score (nSPS) is 16.6. The number of hydrogen-bond donors (Lipinski definition) is 0. The maximum Gasteiger partial charge on any atom is 0.254 e. The van der Waals surface area contributed by atoms with Crippen LogP contribution in [-0.4, -0.2) is 53.0 Å². The number of ether oxygens (including phenoxy) is 2. The van der Waals surface area contributed by atoms with Gasteiger partial charge >= 0.3 is 0 Å². The first-order chi connectivity index (χ1) is 11.5. The molecule has 1 aliphatic heterocycles. The molecule has 0 saturated heterocycles. The summed E-state index contributed by atoms with van der Waals surface area (Å²) in [5, 5.41) is 0. The van der Waals surface area contributed by atoms with Gasteiger partial charge in [0.1, 0.15) is 5.60 Å². The van der Waals surface area contributed by atoms with E-state index in [1.807, 2.05) is 13.8 Å². The second-order valence-electron chi connectivity index (χ2n) is 7.49. The van der Waals surface area contributed by atoms with Crippen LogP contribution in [0.4, 0.5) is 0 Å². The molecule has 1 unspecified atom stereocenters. The van der Waals surface area contributed by atoms with Crippen LogP contribution in [0.25, 0.3) is 0 Å². The van der Waals surface area contributed by atoms with E-state index in [1.54, 1.807) is 20.8 Å². The molecule has 1 heterocycles. The van der Waals surface area contributed by atoms with E-state index in [1.165, 1.54) is 12.2 Å². The summed E-state index contributed by atoms with van der Waals surface area (Å²) in [4.78, 5) is 37.1. The standard InChI is InChI=1S/C19H31NO5/c1-7-8-12-24-18(3,4)11-13-25-19(5,6)17(23)14(2)20-15(21)9-10-16(20)22/h9-10,14H,7-8,11-13H2,1-6H3. The molecular weight excluding hydrogens is 322 g/mol. The predicted molar refractivity (Wildman–Crippen MR) is 95.0 cm³/mol. The lowest BCUT2D eigenvalue weighted by atomic mass is 9.96. The van der Waals surface area contributed by atoms with Gasteiger partial charge in [-0.2, -0.15) is 0 Å². The van der Waals surface area contributed by atoms with Crippen LogP contribution in [0.2, 0.25) is 0 Å². The van der Waals surface area contributed by atoms with Crippen LogP contribution < -0.4 is 0 Å². The Hall–Kier alpha value is -1.53. The van der Waals surface area contributed by atoms with E-state index < -0.39 is 23.5 Å². The predicted octanol–water partition coefficient (Wildman–Crippen LogP) is 2.65. The van der Waals surface area contributed by atoms with Crippen LogP contribution in [0, 0.1) is 0 Å². The van der Waals surface area contributed by atoms with Crippen molar-refractivity contribution in [1.82, 2.24) is 4.90 Å². The largest absolute Gasteiger partial charge is 0.375 e. The molecule has 0 aromatic rings. The van der Waals surface area contributed by atoms with Crippen molar-refractivity contribution in [3.63, 3.8) is 0 Å². The van der Waals surface area contributed by atoms with E-state index in [2.05, 4.69) is 6.92 Å². The maximum absolute atomic E-state index is 12.7. The Kier molecular flexibility index (Phi) is 7.50. The fraction of sp³-hybridized carbons (Fsp3) is 0.737.